The molecule has 4 heteroatoms. The van der Waals surface area contributed by atoms with E-state index in [2.05, 4.69) is 10.3 Å². The number of nitrogens with one attached hydrogen (secondary N) is 1. The van der Waals surface area contributed by atoms with Crippen molar-refractivity contribution in [1.29, 1.82) is 0 Å². The highest BCUT2D eigenvalue weighted by Crippen LogP contribution is 2.07. The minimum atomic E-state index is -0.122. The van der Waals surface area contributed by atoms with E-state index in [0.717, 1.165) is 11.3 Å². The predicted octanol–water partition coefficient (Wildman–Crippen LogP) is 1.90. The Labute approximate surface area is 106 Å². The van der Waals surface area contributed by atoms with Crippen LogP contribution in [0.4, 0.5) is 5.69 Å². The third kappa shape index (κ3) is 2.85. The van der Waals surface area contributed by atoms with E-state index in [1.165, 1.54) is 0 Å². The van der Waals surface area contributed by atoms with Crippen molar-refractivity contribution in [3.63, 3.8) is 0 Å². The Kier molecular flexibility index (Phi) is 3.57. The van der Waals surface area contributed by atoms with E-state index in [4.69, 9.17) is 5.73 Å². The molecule has 0 fully saturated rings. The lowest BCUT2D eigenvalue weighted by Gasteiger charge is -2.07. The number of carbonyl (C=O) groups excluding carboxylic acids is 1. The molecule has 0 spiro atoms. The summed E-state index contributed by atoms with van der Waals surface area (Å²) in [4.78, 5) is 16.0. The van der Waals surface area contributed by atoms with Crippen molar-refractivity contribution in [1.82, 2.24) is 10.3 Å². The summed E-state index contributed by atoms with van der Waals surface area (Å²) in [6.07, 6.45) is 1.67. The van der Waals surface area contributed by atoms with Crippen LogP contribution in [-0.2, 0) is 6.54 Å². The summed E-state index contributed by atoms with van der Waals surface area (Å²) in [5.74, 6) is -0.122. The number of hydrogen-bond acceptors (Lipinski definition) is 3. The fourth-order valence-electron chi connectivity index (χ4n) is 1.70. The Hall–Kier alpha value is -2.36. The molecule has 0 aliphatic heterocycles. The van der Waals surface area contributed by atoms with Crippen LogP contribution in [0.15, 0.2) is 42.6 Å². The Bertz CT molecular complexity index is 566. The summed E-state index contributed by atoms with van der Waals surface area (Å²) in [7, 11) is 0. The third-order valence-corrected chi connectivity index (χ3v) is 2.66. The Morgan fingerprint density at radius 1 is 1.33 bits per heavy atom. The summed E-state index contributed by atoms with van der Waals surface area (Å²) in [5.41, 5.74) is 8.67. The number of nitrogens with zero attached hydrogens (tertiary/aromatic N) is 1. The molecule has 0 saturated carbocycles. The van der Waals surface area contributed by atoms with E-state index in [0.29, 0.717) is 17.8 Å². The minimum absolute atomic E-state index is 0.122. The fourth-order valence-corrected chi connectivity index (χ4v) is 1.70. The summed E-state index contributed by atoms with van der Waals surface area (Å²) >= 11 is 0. The first-order chi connectivity index (χ1) is 8.66. The number of benzene rings is 1. The van der Waals surface area contributed by atoms with Crippen LogP contribution in [0.25, 0.3) is 0 Å². The SMILES string of the molecule is Cc1ncccc1C(=O)NCc1cccc(N)c1. The molecule has 0 aliphatic rings. The van der Waals surface area contributed by atoms with E-state index in [9.17, 15) is 4.79 Å². The lowest BCUT2D eigenvalue weighted by molar-refractivity contribution is 0.0950. The van der Waals surface area contributed by atoms with Crippen molar-refractivity contribution in [2.45, 2.75) is 13.5 Å². The molecule has 3 N–H and O–H groups in total. The van der Waals surface area contributed by atoms with Gasteiger partial charge in [-0.3, -0.25) is 9.78 Å². The zero-order chi connectivity index (χ0) is 13.0. The molecule has 1 aromatic carbocycles. The molecule has 18 heavy (non-hydrogen) atoms. The minimum Gasteiger partial charge on any atom is -0.399 e. The van der Waals surface area contributed by atoms with Crippen molar-refractivity contribution < 1.29 is 4.79 Å². The zero-order valence-corrected chi connectivity index (χ0v) is 10.2. The monoisotopic (exact) mass is 241 g/mol. The lowest BCUT2D eigenvalue weighted by atomic mass is 10.1. The number of nitrogen functional groups attached to an aromatic ring is 1. The maximum absolute atomic E-state index is 11.9. The molecule has 0 atom stereocenters. The van der Waals surface area contributed by atoms with Crippen molar-refractivity contribution in [3.8, 4) is 0 Å². The Morgan fingerprint density at radius 2 is 2.17 bits per heavy atom. The summed E-state index contributed by atoms with van der Waals surface area (Å²) in [5, 5.41) is 2.85. The number of hydrogen-bond donors (Lipinski definition) is 2. The van der Waals surface area contributed by atoms with Crippen LogP contribution in [0.3, 0.4) is 0 Å². The Morgan fingerprint density at radius 3 is 2.89 bits per heavy atom. The molecule has 1 aromatic heterocycles. The molecule has 0 aliphatic carbocycles. The number of nitrogens with two attached hydrogens (primary N) is 1. The molecule has 0 radical (unpaired) electrons. The second kappa shape index (κ2) is 5.31. The van der Waals surface area contributed by atoms with Gasteiger partial charge in [-0.25, -0.2) is 0 Å². The van der Waals surface area contributed by atoms with E-state index in [1.54, 1.807) is 18.3 Å². The van der Waals surface area contributed by atoms with E-state index < -0.39 is 0 Å². The largest absolute Gasteiger partial charge is 0.399 e. The van der Waals surface area contributed by atoms with Crippen LogP contribution in [-0.4, -0.2) is 10.9 Å². The van der Waals surface area contributed by atoms with Gasteiger partial charge in [0.2, 0.25) is 0 Å². The first kappa shape index (κ1) is 12.1. The Balaban J connectivity index is 2.03. The van der Waals surface area contributed by atoms with Gasteiger partial charge in [0.1, 0.15) is 0 Å². The highest BCUT2D eigenvalue weighted by Gasteiger charge is 2.08. The molecule has 1 heterocycles. The lowest BCUT2D eigenvalue weighted by Crippen LogP contribution is -2.23. The van der Waals surface area contributed by atoms with E-state index in [-0.39, 0.29) is 5.91 Å². The van der Waals surface area contributed by atoms with Crippen molar-refractivity contribution >= 4 is 11.6 Å². The van der Waals surface area contributed by atoms with Crippen LogP contribution in [0.5, 0.6) is 0 Å². The normalized spacial score (nSPS) is 10.1. The van der Waals surface area contributed by atoms with Crippen molar-refractivity contribution in [2.24, 2.45) is 0 Å². The van der Waals surface area contributed by atoms with Crippen LogP contribution >= 0.6 is 0 Å². The molecule has 0 bridgehead atoms. The van der Waals surface area contributed by atoms with Gasteiger partial charge >= 0.3 is 0 Å². The van der Waals surface area contributed by atoms with Gasteiger partial charge in [-0.15, -0.1) is 0 Å². The van der Waals surface area contributed by atoms with E-state index in [1.807, 2.05) is 31.2 Å². The number of rotatable bonds is 3. The van der Waals surface area contributed by atoms with Gasteiger partial charge in [0.05, 0.1) is 5.56 Å². The number of aryl methyl sites for hydroxylation is 1. The van der Waals surface area contributed by atoms with Crippen LogP contribution in [0.1, 0.15) is 21.6 Å². The number of aromatic nitrogens is 1. The van der Waals surface area contributed by atoms with Gasteiger partial charge in [-0.2, -0.15) is 0 Å². The molecule has 2 rings (SSSR count). The number of amides is 1. The van der Waals surface area contributed by atoms with Crippen molar-refractivity contribution in [2.75, 3.05) is 5.73 Å². The fraction of sp³-hybridized carbons (Fsp3) is 0.143. The second-order valence-corrected chi connectivity index (χ2v) is 4.06. The molecule has 2 aromatic rings. The molecular weight excluding hydrogens is 226 g/mol. The van der Waals surface area contributed by atoms with Gasteiger partial charge in [-0.1, -0.05) is 12.1 Å². The average molecular weight is 241 g/mol. The average Bonchev–Trinajstić information content (AvgIpc) is 2.37. The topological polar surface area (TPSA) is 68.0 Å². The standard InChI is InChI=1S/C14H15N3O/c1-10-13(6-3-7-16-10)14(18)17-9-11-4-2-5-12(15)8-11/h2-8H,9,15H2,1H3,(H,17,18). The smallest absolute Gasteiger partial charge is 0.253 e. The summed E-state index contributed by atoms with van der Waals surface area (Å²) < 4.78 is 0. The number of anilines is 1. The van der Waals surface area contributed by atoms with Gasteiger partial charge < -0.3 is 11.1 Å². The highest BCUT2D eigenvalue weighted by atomic mass is 16.1. The zero-order valence-electron chi connectivity index (χ0n) is 10.2. The third-order valence-electron chi connectivity index (χ3n) is 2.66. The van der Waals surface area contributed by atoms with Crippen LogP contribution < -0.4 is 11.1 Å². The quantitative estimate of drug-likeness (QED) is 0.806. The maximum Gasteiger partial charge on any atom is 0.253 e. The predicted molar refractivity (Wildman–Crippen MR) is 71.0 cm³/mol. The van der Waals surface area contributed by atoms with Crippen LogP contribution in [0, 0.1) is 6.92 Å². The van der Waals surface area contributed by atoms with Gasteiger partial charge in [0.15, 0.2) is 0 Å². The molecule has 1 amide bonds. The number of carbonyl (C=O) groups is 1. The highest BCUT2D eigenvalue weighted by molar-refractivity contribution is 5.95. The molecule has 0 unspecified atom stereocenters. The molecule has 4 nitrogen and oxygen atoms in total. The maximum atomic E-state index is 11.9. The van der Waals surface area contributed by atoms with Gasteiger partial charge in [0.25, 0.3) is 5.91 Å². The first-order valence-corrected chi connectivity index (χ1v) is 5.71. The van der Waals surface area contributed by atoms with Gasteiger partial charge in [0, 0.05) is 24.1 Å². The second-order valence-electron chi connectivity index (χ2n) is 4.06. The number of pyridine rings is 1. The first-order valence-electron chi connectivity index (χ1n) is 5.71. The van der Waals surface area contributed by atoms with Gasteiger partial charge in [-0.05, 0) is 36.8 Å². The van der Waals surface area contributed by atoms with E-state index >= 15 is 0 Å². The van der Waals surface area contributed by atoms with Crippen LogP contribution in [0.2, 0.25) is 0 Å². The molecular formula is C14H15N3O. The summed E-state index contributed by atoms with van der Waals surface area (Å²) in [6.45, 7) is 2.27. The summed E-state index contributed by atoms with van der Waals surface area (Å²) in [6, 6.07) is 11.0. The molecule has 92 valence electrons. The van der Waals surface area contributed by atoms with Crippen molar-refractivity contribution in [3.05, 3.63) is 59.4 Å². The molecule has 0 saturated heterocycles.